The SMILES string of the molecule is C[Si](C)(c1ccccc1)[C-]([Si](C)(C)c1ccccc1)[Si](C)(C)c1ccccc1.[Na+]. The van der Waals surface area contributed by atoms with Crippen molar-refractivity contribution >= 4 is 39.8 Å². The van der Waals surface area contributed by atoms with Crippen LogP contribution in [0.2, 0.25) is 39.3 Å². The van der Waals surface area contributed by atoms with Crippen molar-refractivity contribution in [1.82, 2.24) is 0 Å². The van der Waals surface area contributed by atoms with E-state index in [1.165, 1.54) is 0 Å². The van der Waals surface area contributed by atoms with Gasteiger partial charge in [-0.25, -0.2) is 0 Å². The molecule has 146 valence electrons. The second kappa shape index (κ2) is 9.63. The van der Waals surface area contributed by atoms with E-state index in [1.54, 1.807) is 15.6 Å². The van der Waals surface area contributed by atoms with E-state index in [0.717, 1.165) is 0 Å². The van der Waals surface area contributed by atoms with Gasteiger partial charge in [-0.3, -0.25) is 4.79 Å². The molecule has 0 aliphatic rings. The van der Waals surface area contributed by atoms with Gasteiger partial charge in [0.15, 0.2) is 0 Å². The molecule has 0 heterocycles. The first-order chi connectivity index (χ1) is 13.2. The van der Waals surface area contributed by atoms with Gasteiger partial charge in [0.05, 0.1) is 0 Å². The first-order valence-electron chi connectivity index (χ1n) is 10.2. The van der Waals surface area contributed by atoms with Crippen molar-refractivity contribution in [3.05, 3.63) is 95.8 Å². The number of rotatable bonds is 6. The third kappa shape index (κ3) is 4.97. The molecule has 0 radical (unpaired) electrons. The fourth-order valence-corrected chi connectivity index (χ4v) is 30.6. The minimum Gasteiger partial charge on any atom is -0.298 e. The number of hydrogen-bond donors (Lipinski definition) is 0. The van der Waals surface area contributed by atoms with E-state index >= 15 is 0 Å². The quantitative estimate of drug-likeness (QED) is 0.406. The topological polar surface area (TPSA) is 0 Å². The molecule has 0 saturated heterocycles. The van der Waals surface area contributed by atoms with Gasteiger partial charge in [-0.05, 0) is 0 Å². The van der Waals surface area contributed by atoms with Gasteiger partial charge in [0.2, 0.25) is 0 Å². The van der Waals surface area contributed by atoms with Gasteiger partial charge in [-0.2, -0.15) is 0 Å². The van der Waals surface area contributed by atoms with E-state index in [-0.39, 0.29) is 29.6 Å². The molecule has 3 aromatic carbocycles. The molecule has 0 atom stereocenters. The zero-order valence-electron chi connectivity index (χ0n) is 19.2. The molecule has 0 aliphatic heterocycles. The Bertz CT molecular complexity index is 769. The maximum atomic E-state index is 2.59. The third-order valence-corrected chi connectivity index (χ3v) is 26.7. The molecule has 0 amide bonds. The smallest absolute Gasteiger partial charge is 0.298 e. The molecule has 0 unspecified atom stereocenters. The summed E-state index contributed by atoms with van der Waals surface area (Å²) in [6, 6.07) is 34.0. The van der Waals surface area contributed by atoms with Gasteiger partial charge in [-0.15, -0.1) is 0 Å². The molecule has 3 aromatic rings. The van der Waals surface area contributed by atoms with Crippen molar-refractivity contribution in [3.8, 4) is 0 Å². The fraction of sp³-hybridized carbons (Fsp3) is 0.240. The van der Waals surface area contributed by atoms with Crippen LogP contribution in [0.15, 0.2) is 91.0 Å². The van der Waals surface area contributed by atoms with Crippen molar-refractivity contribution in [1.29, 1.82) is 0 Å². The fourth-order valence-electron chi connectivity index (χ4n) is 5.34. The minimum absolute atomic E-state index is 0. The molecule has 4 heteroatoms. The van der Waals surface area contributed by atoms with Crippen LogP contribution in [0, 0.1) is 4.79 Å². The van der Waals surface area contributed by atoms with Crippen LogP contribution in [-0.2, 0) is 0 Å². The summed E-state index contributed by atoms with van der Waals surface area (Å²) >= 11 is 0. The Balaban J connectivity index is 0.00000300. The summed E-state index contributed by atoms with van der Waals surface area (Å²) in [5, 5.41) is 4.70. The second-order valence-corrected chi connectivity index (χ2v) is 23.8. The monoisotopic (exact) mass is 440 g/mol. The van der Waals surface area contributed by atoms with Crippen LogP contribution in [0.1, 0.15) is 0 Å². The van der Waals surface area contributed by atoms with Crippen molar-refractivity contribution in [2.75, 3.05) is 0 Å². The zero-order valence-corrected chi connectivity index (χ0v) is 24.2. The van der Waals surface area contributed by atoms with Gasteiger partial charge in [0, 0.05) is 0 Å². The van der Waals surface area contributed by atoms with Crippen molar-refractivity contribution in [3.63, 3.8) is 0 Å². The minimum atomic E-state index is -1.81. The standard InChI is InChI=1S/C25H33Si3.Na/c1-26(2,22-16-10-7-11-17-22)25(27(3,4)23-18-12-8-13-19-23)28(5,6)24-20-14-9-15-21-24;/h7-21H,1-6H3;/q-1;+1. The number of benzene rings is 3. The molecule has 0 saturated carbocycles. The first kappa shape index (κ1) is 24.6. The van der Waals surface area contributed by atoms with Crippen LogP contribution in [0.4, 0.5) is 0 Å². The van der Waals surface area contributed by atoms with Crippen LogP contribution in [0.5, 0.6) is 0 Å². The van der Waals surface area contributed by atoms with E-state index in [9.17, 15) is 0 Å². The Labute approximate surface area is 203 Å². The van der Waals surface area contributed by atoms with E-state index in [4.69, 9.17) is 0 Å². The maximum absolute atomic E-state index is 2.59. The first-order valence-corrected chi connectivity index (χ1v) is 19.2. The Morgan fingerprint density at radius 2 is 0.621 bits per heavy atom. The Kier molecular flexibility index (Phi) is 8.16. The molecule has 0 aliphatic carbocycles. The Hall–Kier alpha value is -0.689. The Morgan fingerprint density at radius 1 is 0.414 bits per heavy atom. The van der Waals surface area contributed by atoms with Gasteiger partial charge in [0.25, 0.3) is 0 Å². The summed E-state index contributed by atoms with van der Waals surface area (Å²) < 4.78 is 0. The van der Waals surface area contributed by atoms with Crippen molar-refractivity contribution in [2.24, 2.45) is 0 Å². The van der Waals surface area contributed by atoms with Gasteiger partial charge < -0.3 is 0 Å². The molecule has 3 rings (SSSR count). The normalized spacial score (nSPS) is 12.5. The predicted molar refractivity (Wildman–Crippen MR) is 134 cm³/mol. The molecular formula is C25H33NaSi3. The average Bonchev–Trinajstić information content (AvgIpc) is 2.69. The van der Waals surface area contributed by atoms with Crippen molar-refractivity contribution in [2.45, 2.75) is 39.3 Å². The zero-order chi connectivity index (χ0) is 20.4. The largest absolute Gasteiger partial charge is 1.00 e. The van der Waals surface area contributed by atoms with Crippen molar-refractivity contribution < 1.29 is 29.6 Å². The summed E-state index contributed by atoms with van der Waals surface area (Å²) in [4.78, 5) is 1.94. The van der Waals surface area contributed by atoms with Crippen LogP contribution in [-0.4, -0.2) is 24.2 Å². The van der Waals surface area contributed by atoms with Gasteiger partial charge in [0.1, 0.15) is 0 Å². The van der Waals surface area contributed by atoms with E-state index < -0.39 is 24.2 Å². The maximum Gasteiger partial charge on any atom is 1.00 e. The number of hydrogen-bond acceptors (Lipinski definition) is 0. The second-order valence-electron chi connectivity index (χ2n) is 9.35. The molecule has 0 nitrogen and oxygen atoms in total. The summed E-state index contributed by atoms with van der Waals surface area (Å²) in [6.45, 7) is 15.5. The summed E-state index contributed by atoms with van der Waals surface area (Å²) in [5.74, 6) is 0. The van der Waals surface area contributed by atoms with Crippen LogP contribution in [0.25, 0.3) is 0 Å². The Morgan fingerprint density at radius 3 is 0.828 bits per heavy atom. The predicted octanol–water partition coefficient (Wildman–Crippen LogP) is 2.03. The molecule has 29 heavy (non-hydrogen) atoms. The van der Waals surface area contributed by atoms with Crippen LogP contribution < -0.4 is 45.1 Å². The van der Waals surface area contributed by atoms with E-state index in [0.29, 0.717) is 0 Å². The van der Waals surface area contributed by atoms with E-state index in [1.807, 2.05) is 4.79 Å². The summed E-state index contributed by atoms with van der Waals surface area (Å²) in [5.41, 5.74) is 0. The van der Waals surface area contributed by atoms with Gasteiger partial charge >= 0.3 is 29.6 Å². The summed E-state index contributed by atoms with van der Waals surface area (Å²) in [7, 11) is -5.42. The molecule has 0 N–H and O–H groups in total. The van der Waals surface area contributed by atoms with Gasteiger partial charge in [-0.1, -0.05) is 170 Å². The van der Waals surface area contributed by atoms with E-state index in [2.05, 4.69) is 130 Å². The van der Waals surface area contributed by atoms with Crippen LogP contribution >= 0.6 is 0 Å². The molecular weight excluding hydrogens is 408 g/mol. The molecule has 0 fully saturated rings. The van der Waals surface area contributed by atoms with Crippen LogP contribution in [0.3, 0.4) is 0 Å². The molecule has 0 spiro atoms. The molecule has 0 aromatic heterocycles. The molecule has 0 bridgehead atoms. The summed E-state index contributed by atoms with van der Waals surface area (Å²) in [6.07, 6.45) is 0. The average molecular weight is 441 g/mol. The third-order valence-electron chi connectivity index (χ3n) is 6.36.